The summed E-state index contributed by atoms with van der Waals surface area (Å²) in [6.45, 7) is 0.584. The number of alkyl halides is 3. The molecule has 0 aliphatic heterocycles. The third-order valence-electron chi connectivity index (χ3n) is 3.85. The minimum absolute atomic E-state index is 0. The van der Waals surface area contributed by atoms with E-state index in [4.69, 9.17) is 10.5 Å². The van der Waals surface area contributed by atoms with Crippen molar-refractivity contribution < 1.29 is 22.6 Å². The molecular formula is C21H20F3IN4O2. The molecule has 0 unspecified atom stereocenters. The number of aromatic nitrogens is 1. The second kappa shape index (κ2) is 11.4. The zero-order valence-corrected chi connectivity index (χ0v) is 18.5. The number of ether oxygens (including phenoxy) is 2. The Morgan fingerprint density at radius 2 is 1.71 bits per heavy atom. The predicted molar refractivity (Wildman–Crippen MR) is 123 cm³/mol. The molecule has 164 valence electrons. The van der Waals surface area contributed by atoms with Gasteiger partial charge >= 0.3 is 6.36 Å². The van der Waals surface area contributed by atoms with Gasteiger partial charge in [-0.25, -0.2) is 9.98 Å². The van der Waals surface area contributed by atoms with Crippen molar-refractivity contribution in [2.75, 3.05) is 5.32 Å². The van der Waals surface area contributed by atoms with Gasteiger partial charge < -0.3 is 20.5 Å². The first-order valence-electron chi connectivity index (χ1n) is 8.92. The van der Waals surface area contributed by atoms with Crippen molar-refractivity contribution in [2.45, 2.75) is 19.5 Å². The summed E-state index contributed by atoms with van der Waals surface area (Å²) >= 11 is 0. The van der Waals surface area contributed by atoms with Crippen molar-refractivity contribution in [3.05, 3.63) is 84.1 Å². The van der Waals surface area contributed by atoms with Crippen LogP contribution in [0.1, 0.15) is 11.1 Å². The molecule has 0 fully saturated rings. The van der Waals surface area contributed by atoms with Crippen LogP contribution >= 0.6 is 24.0 Å². The van der Waals surface area contributed by atoms with Gasteiger partial charge in [0, 0.05) is 17.4 Å². The first kappa shape index (κ1) is 24.3. The van der Waals surface area contributed by atoms with Gasteiger partial charge in [0.15, 0.2) is 5.96 Å². The van der Waals surface area contributed by atoms with Crippen LogP contribution in [0.15, 0.2) is 77.9 Å². The second-order valence-electron chi connectivity index (χ2n) is 6.14. The number of nitrogens with zero attached hydrogens (tertiary/aromatic N) is 2. The third kappa shape index (κ3) is 8.32. The zero-order valence-electron chi connectivity index (χ0n) is 16.2. The minimum atomic E-state index is -4.74. The lowest BCUT2D eigenvalue weighted by Gasteiger charge is -2.11. The lowest BCUT2D eigenvalue weighted by Crippen LogP contribution is -2.22. The number of guanidine groups is 1. The molecule has 6 nitrogen and oxygen atoms in total. The van der Waals surface area contributed by atoms with Gasteiger partial charge in [-0.2, -0.15) is 0 Å². The van der Waals surface area contributed by atoms with Crippen LogP contribution in [0, 0.1) is 0 Å². The third-order valence-corrected chi connectivity index (χ3v) is 3.85. The van der Waals surface area contributed by atoms with E-state index in [1.807, 2.05) is 36.4 Å². The van der Waals surface area contributed by atoms with Gasteiger partial charge in [0.05, 0.1) is 6.54 Å². The van der Waals surface area contributed by atoms with Crippen molar-refractivity contribution in [2.24, 2.45) is 10.7 Å². The van der Waals surface area contributed by atoms with Crippen LogP contribution < -0.4 is 20.5 Å². The van der Waals surface area contributed by atoms with Gasteiger partial charge in [0.25, 0.3) is 0 Å². The first-order chi connectivity index (χ1) is 14.4. The lowest BCUT2D eigenvalue weighted by atomic mass is 10.2. The van der Waals surface area contributed by atoms with Crippen LogP contribution in [0.2, 0.25) is 0 Å². The molecule has 1 heterocycles. The molecule has 31 heavy (non-hydrogen) atoms. The zero-order chi connectivity index (χ0) is 21.4. The van der Waals surface area contributed by atoms with Crippen LogP contribution in [0.4, 0.5) is 18.9 Å². The Kier molecular flexibility index (Phi) is 8.91. The molecule has 0 aliphatic carbocycles. The quantitative estimate of drug-likeness (QED) is 0.246. The van der Waals surface area contributed by atoms with Crippen LogP contribution in [0.25, 0.3) is 0 Å². The van der Waals surface area contributed by atoms with Gasteiger partial charge in [-0.15, -0.1) is 37.1 Å². The van der Waals surface area contributed by atoms with E-state index >= 15 is 0 Å². The molecule has 1 aromatic heterocycles. The summed E-state index contributed by atoms with van der Waals surface area (Å²) < 4.78 is 46.2. The fourth-order valence-corrected chi connectivity index (χ4v) is 2.50. The van der Waals surface area contributed by atoms with E-state index in [0.29, 0.717) is 18.2 Å². The van der Waals surface area contributed by atoms with Crippen molar-refractivity contribution in [3.8, 4) is 11.6 Å². The molecule has 2 aromatic carbocycles. The van der Waals surface area contributed by atoms with Crippen molar-refractivity contribution in [1.82, 2.24) is 4.98 Å². The van der Waals surface area contributed by atoms with Crippen LogP contribution in [-0.2, 0) is 13.2 Å². The van der Waals surface area contributed by atoms with Gasteiger partial charge in [0.2, 0.25) is 5.88 Å². The van der Waals surface area contributed by atoms with Gasteiger partial charge in [-0.05, 0) is 35.9 Å². The Morgan fingerprint density at radius 1 is 1.00 bits per heavy atom. The highest BCUT2D eigenvalue weighted by Crippen LogP contribution is 2.24. The molecule has 10 heteroatoms. The maximum atomic E-state index is 12.2. The average molecular weight is 544 g/mol. The number of hydrogen-bond donors (Lipinski definition) is 2. The Labute approximate surface area is 194 Å². The highest BCUT2D eigenvalue weighted by molar-refractivity contribution is 14.0. The molecule has 0 aliphatic rings. The molecule has 3 rings (SSSR count). The van der Waals surface area contributed by atoms with Crippen LogP contribution in [0.5, 0.6) is 11.6 Å². The Balaban J connectivity index is 0.00000341. The Bertz CT molecular complexity index is 984. The maximum absolute atomic E-state index is 12.2. The number of benzene rings is 2. The standard InChI is InChI=1S/C21H19F3N4O2.HI/c22-21(23,24)30-18-10-8-17(9-11-18)28-20(25)27-13-16-7-4-12-26-19(16)29-14-15-5-2-1-3-6-15;/h1-12H,13-14H2,(H3,25,27,28);1H. The number of anilines is 1. The van der Waals surface area contributed by atoms with Crippen LogP contribution in [0.3, 0.4) is 0 Å². The number of nitrogens with two attached hydrogens (primary N) is 1. The fourth-order valence-electron chi connectivity index (χ4n) is 2.50. The normalized spacial score (nSPS) is 11.4. The smallest absolute Gasteiger partial charge is 0.473 e. The van der Waals surface area contributed by atoms with E-state index < -0.39 is 6.36 Å². The Morgan fingerprint density at radius 3 is 2.39 bits per heavy atom. The average Bonchev–Trinajstić information content (AvgIpc) is 2.72. The van der Waals surface area contributed by atoms with Gasteiger partial charge in [0.1, 0.15) is 12.4 Å². The number of aliphatic imine (C=N–C) groups is 1. The predicted octanol–water partition coefficient (Wildman–Crippen LogP) is 5.10. The van der Waals surface area contributed by atoms with Crippen molar-refractivity contribution in [3.63, 3.8) is 0 Å². The number of rotatable bonds is 7. The molecule has 0 saturated heterocycles. The summed E-state index contributed by atoms with van der Waals surface area (Å²) in [7, 11) is 0. The SMILES string of the molecule is I.NC(=NCc1cccnc1OCc1ccccc1)Nc1ccc(OC(F)(F)F)cc1. The van der Waals surface area contributed by atoms with Gasteiger partial charge in [-0.3, -0.25) is 0 Å². The lowest BCUT2D eigenvalue weighted by molar-refractivity contribution is -0.274. The summed E-state index contributed by atoms with van der Waals surface area (Å²) in [6.07, 6.45) is -3.11. The Hall–Kier alpha value is -3.02. The summed E-state index contributed by atoms with van der Waals surface area (Å²) in [6, 6.07) is 18.4. The summed E-state index contributed by atoms with van der Waals surface area (Å²) in [5.41, 5.74) is 8.10. The molecule has 0 spiro atoms. The summed E-state index contributed by atoms with van der Waals surface area (Å²) in [4.78, 5) is 8.48. The van der Waals surface area contributed by atoms with Crippen molar-refractivity contribution >= 4 is 35.6 Å². The largest absolute Gasteiger partial charge is 0.573 e. The topological polar surface area (TPSA) is 81.8 Å². The first-order valence-corrected chi connectivity index (χ1v) is 8.92. The highest BCUT2D eigenvalue weighted by Gasteiger charge is 2.30. The second-order valence-corrected chi connectivity index (χ2v) is 6.14. The highest BCUT2D eigenvalue weighted by atomic mass is 127. The number of pyridine rings is 1. The fraction of sp³-hybridized carbons (Fsp3) is 0.143. The van der Waals surface area contributed by atoms with E-state index in [-0.39, 0.29) is 42.2 Å². The summed E-state index contributed by atoms with van der Waals surface area (Å²) in [5.74, 6) is 0.225. The minimum Gasteiger partial charge on any atom is -0.473 e. The molecule has 0 saturated carbocycles. The van der Waals surface area contributed by atoms with E-state index in [0.717, 1.165) is 11.1 Å². The molecular weight excluding hydrogens is 524 g/mol. The van der Waals surface area contributed by atoms with E-state index in [1.165, 1.54) is 24.3 Å². The number of nitrogens with one attached hydrogen (secondary N) is 1. The van der Waals surface area contributed by atoms with E-state index in [2.05, 4.69) is 20.0 Å². The monoisotopic (exact) mass is 544 g/mol. The maximum Gasteiger partial charge on any atom is 0.573 e. The van der Waals surface area contributed by atoms with E-state index in [9.17, 15) is 13.2 Å². The summed E-state index contributed by atoms with van der Waals surface area (Å²) in [5, 5.41) is 2.81. The van der Waals surface area contributed by atoms with Crippen molar-refractivity contribution in [1.29, 1.82) is 0 Å². The van der Waals surface area contributed by atoms with Gasteiger partial charge in [-0.1, -0.05) is 36.4 Å². The molecule has 0 bridgehead atoms. The number of halogens is 4. The van der Waals surface area contributed by atoms with Crippen LogP contribution in [-0.4, -0.2) is 17.3 Å². The van der Waals surface area contributed by atoms with E-state index in [1.54, 1.807) is 12.3 Å². The molecule has 3 N–H and O–H groups in total. The molecule has 0 radical (unpaired) electrons. The molecule has 0 atom stereocenters. The molecule has 3 aromatic rings. The number of hydrogen-bond acceptors (Lipinski definition) is 4. The molecule has 0 amide bonds.